The maximum absolute atomic E-state index is 4.08. The van der Waals surface area contributed by atoms with Gasteiger partial charge in [0.2, 0.25) is 0 Å². The SMILES string of the molecule is [CH2]n1cnc2ccncc21. The van der Waals surface area contributed by atoms with Crippen LogP contribution in [0.2, 0.25) is 0 Å². The maximum atomic E-state index is 4.08. The van der Waals surface area contributed by atoms with Gasteiger partial charge in [0, 0.05) is 13.2 Å². The van der Waals surface area contributed by atoms with Gasteiger partial charge >= 0.3 is 0 Å². The molecule has 0 aromatic carbocycles. The summed E-state index contributed by atoms with van der Waals surface area (Å²) in [6.45, 7) is 0. The molecule has 0 aliphatic heterocycles. The lowest BCUT2D eigenvalue weighted by atomic mass is 10.4. The van der Waals surface area contributed by atoms with Crippen LogP contribution in [-0.2, 0) is 0 Å². The van der Waals surface area contributed by atoms with Crippen LogP contribution in [0.1, 0.15) is 0 Å². The second kappa shape index (κ2) is 1.80. The van der Waals surface area contributed by atoms with Crippen molar-refractivity contribution >= 4 is 11.0 Å². The van der Waals surface area contributed by atoms with Crippen LogP contribution in [0.25, 0.3) is 11.0 Å². The lowest BCUT2D eigenvalue weighted by molar-refractivity contribution is 1.09. The molecule has 0 aliphatic carbocycles. The van der Waals surface area contributed by atoms with Crippen molar-refractivity contribution in [3.63, 3.8) is 0 Å². The Kier molecular flexibility index (Phi) is 0.974. The average Bonchev–Trinajstić information content (AvgIpc) is 2.34. The van der Waals surface area contributed by atoms with Gasteiger partial charge in [-0.2, -0.15) is 0 Å². The number of pyridine rings is 1. The monoisotopic (exact) mass is 132 g/mol. The molecular weight excluding hydrogens is 126 g/mol. The Labute approximate surface area is 58.3 Å². The summed E-state index contributed by atoms with van der Waals surface area (Å²) in [5, 5.41) is 0. The summed E-state index contributed by atoms with van der Waals surface area (Å²) in [6.07, 6.45) is 5.14. The summed E-state index contributed by atoms with van der Waals surface area (Å²) in [7, 11) is 3.72. The zero-order valence-corrected chi connectivity index (χ0v) is 5.36. The molecule has 49 valence electrons. The quantitative estimate of drug-likeness (QED) is 0.536. The molecule has 0 saturated carbocycles. The van der Waals surface area contributed by atoms with Gasteiger partial charge in [-0.15, -0.1) is 0 Å². The van der Waals surface area contributed by atoms with E-state index in [9.17, 15) is 0 Å². The summed E-state index contributed by atoms with van der Waals surface area (Å²) in [6, 6.07) is 1.86. The molecule has 0 N–H and O–H groups in total. The Hall–Kier alpha value is -1.38. The molecule has 0 saturated heterocycles. The van der Waals surface area contributed by atoms with Gasteiger partial charge in [-0.05, 0) is 6.07 Å². The van der Waals surface area contributed by atoms with Crippen molar-refractivity contribution in [1.82, 2.24) is 14.5 Å². The number of rotatable bonds is 0. The normalized spacial score (nSPS) is 10.5. The van der Waals surface area contributed by atoms with Crippen LogP contribution in [0.15, 0.2) is 24.8 Å². The van der Waals surface area contributed by atoms with Crippen molar-refractivity contribution in [3.8, 4) is 0 Å². The molecule has 2 aromatic heterocycles. The van der Waals surface area contributed by atoms with Crippen LogP contribution < -0.4 is 0 Å². The van der Waals surface area contributed by atoms with Crippen molar-refractivity contribution in [2.45, 2.75) is 0 Å². The third kappa shape index (κ3) is 0.603. The first-order chi connectivity index (χ1) is 4.88. The molecule has 0 aliphatic rings. The lowest BCUT2D eigenvalue weighted by Crippen LogP contribution is -1.80. The van der Waals surface area contributed by atoms with Crippen LogP contribution in [0.4, 0.5) is 0 Å². The molecule has 2 aromatic rings. The van der Waals surface area contributed by atoms with Crippen molar-refractivity contribution in [3.05, 3.63) is 31.8 Å². The van der Waals surface area contributed by atoms with Crippen molar-refractivity contribution in [2.24, 2.45) is 0 Å². The number of hydrogen-bond donors (Lipinski definition) is 0. The molecular formula is C7H6N3. The van der Waals surface area contributed by atoms with Crippen LogP contribution in [-0.4, -0.2) is 14.5 Å². The maximum Gasteiger partial charge on any atom is 0.0959 e. The molecule has 1 radical (unpaired) electrons. The summed E-state index contributed by atoms with van der Waals surface area (Å²) >= 11 is 0. The molecule has 2 heterocycles. The number of aromatic nitrogens is 3. The molecule has 10 heavy (non-hydrogen) atoms. The summed E-state index contributed by atoms with van der Waals surface area (Å²) in [5.41, 5.74) is 1.90. The Bertz CT molecular complexity index is 350. The zero-order valence-electron chi connectivity index (χ0n) is 5.36. The van der Waals surface area contributed by atoms with Crippen molar-refractivity contribution < 1.29 is 0 Å². The molecule has 0 spiro atoms. The van der Waals surface area contributed by atoms with E-state index in [1.165, 1.54) is 0 Å². The molecule has 2 rings (SSSR count). The van der Waals surface area contributed by atoms with E-state index in [0.717, 1.165) is 11.0 Å². The van der Waals surface area contributed by atoms with E-state index in [2.05, 4.69) is 17.0 Å². The topological polar surface area (TPSA) is 30.7 Å². The Morgan fingerprint density at radius 3 is 3.20 bits per heavy atom. The molecule has 3 nitrogen and oxygen atoms in total. The fourth-order valence-electron chi connectivity index (χ4n) is 0.903. The van der Waals surface area contributed by atoms with Gasteiger partial charge in [-0.3, -0.25) is 4.98 Å². The largest absolute Gasteiger partial charge is 0.328 e. The first kappa shape index (κ1) is 5.41. The summed E-state index contributed by atoms with van der Waals surface area (Å²) < 4.78 is 1.70. The van der Waals surface area contributed by atoms with Gasteiger partial charge in [0.05, 0.1) is 23.6 Å². The van der Waals surface area contributed by atoms with Crippen molar-refractivity contribution in [2.75, 3.05) is 0 Å². The highest BCUT2D eigenvalue weighted by molar-refractivity contribution is 5.73. The van der Waals surface area contributed by atoms with Crippen molar-refractivity contribution in [1.29, 1.82) is 0 Å². The highest BCUT2D eigenvalue weighted by Gasteiger charge is 1.95. The van der Waals surface area contributed by atoms with E-state index in [4.69, 9.17) is 0 Å². The fraction of sp³-hybridized carbons (Fsp3) is 0. The number of nitrogens with zero attached hydrogens (tertiary/aromatic N) is 3. The summed E-state index contributed by atoms with van der Waals surface area (Å²) in [4.78, 5) is 8.02. The first-order valence-corrected chi connectivity index (χ1v) is 2.96. The molecule has 3 heteroatoms. The standard InChI is InChI=1S/C7H6N3/c1-10-5-9-6-2-3-8-4-7(6)10/h2-5H,1H2. The van der Waals surface area contributed by atoms with Gasteiger partial charge in [0.25, 0.3) is 0 Å². The minimum absolute atomic E-state index is 0.935. The second-order valence-corrected chi connectivity index (χ2v) is 2.08. The number of hydrogen-bond acceptors (Lipinski definition) is 2. The third-order valence-corrected chi connectivity index (χ3v) is 1.42. The molecule has 0 fully saturated rings. The minimum atomic E-state index is 0.935. The van der Waals surface area contributed by atoms with E-state index < -0.39 is 0 Å². The van der Waals surface area contributed by atoms with Crippen LogP contribution in [0.3, 0.4) is 0 Å². The second-order valence-electron chi connectivity index (χ2n) is 2.08. The van der Waals surface area contributed by atoms with Crippen LogP contribution >= 0.6 is 0 Å². The van der Waals surface area contributed by atoms with Gasteiger partial charge in [-0.1, -0.05) is 0 Å². The van der Waals surface area contributed by atoms with Gasteiger partial charge < -0.3 is 4.57 Å². The van der Waals surface area contributed by atoms with E-state index in [-0.39, 0.29) is 0 Å². The summed E-state index contributed by atoms with van der Waals surface area (Å²) in [5.74, 6) is 0. The highest BCUT2D eigenvalue weighted by Crippen LogP contribution is 2.07. The van der Waals surface area contributed by atoms with E-state index >= 15 is 0 Å². The number of imidazole rings is 1. The third-order valence-electron chi connectivity index (χ3n) is 1.42. The van der Waals surface area contributed by atoms with Crippen LogP contribution in [0, 0.1) is 7.05 Å². The molecule has 0 bridgehead atoms. The first-order valence-electron chi connectivity index (χ1n) is 2.96. The van der Waals surface area contributed by atoms with E-state index in [1.807, 2.05) is 6.07 Å². The van der Waals surface area contributed by atoms with Gasteiger partial charge in [0.1, 0.15) is 0 Å². The lowest BCUT2D eigenvalue weighted by Gasteiger charge is -1.89. The Balaban J connectivity index is 2.93. The predicted octanol–water partition coefficient (Wildman–Crippen LogP) is 1.07. The molecule has 0 amide bonds. The molecule has 0 atom stereocenters. The van der Waals surface area contributed by atoms with E-state index in [0.29, 0.717) is 0 Å². The highest BCUT2D eigenvalue weighted by atomic mass is 15.0. The minimum Gasteiger partial charge on any atom is -0.328 e. The molecule has 0 unspecified atom stereocenters. The average molecular weight is 132 g/mol. The van der Waals surface area contributed by atoms with Crippen LogP contribution in [0.5, 0.6) is 0 Å². The predicted molar refractivity (Wildman–Crippen MR) is 38.3 cm³/mol. The number of fused-ring (bicyclic) bond motifs is 1. The van der Waals surface area contributed by atoms with Gasteiger partial charge in [-0.25, -0.2) is 4.98 Å². The van der Waals surface area contributed by atoms with E-state index in [1.54, 1.807) is 23.3 Å². The smallest absolute Gasteiger partial charge is 0.0959 e. The zero-order chi connectivity index (χ0) is 6.97. The van der Waals surface area contributed by atoms with Gasteiger partial charge in [0.15, 0.2) is 0 Å². The Morgan fingerprint density at radius 2 is 2.40 bits per heavy atom. The fourth-order valence-corrected chi connectivity index (χ4v) is 0.903. The Morgan fingerprint density at radius 1 is 1.50 bits per heavy atom.